The largest absolute Gasteiger partial charge is 0.481 e. The molecular weight excluding hydrogens is 1840 g/mol. The molecule has 2 amide bonds. The second kappa shape index (κ2) is 48.1. The molecule has 16 atom stereocenters. The van der Waals surface area contributed by atoms with Crippen LogP contribution in [0.5, 0.6) is 0 Å². The maximum Gasteiger partial charge on any atom is 0.469 e. The molecule has 1 aromatic rings. The fourth-order valence-corrected chi connectivity index (χ4v) is 32.0. The Hall–Kier alpha value is -6.68. The number of fused-ring (bicyclic) bond motifs is 7. The lowest BCUT2D eigenvalue weighted by molar-refractivity contribution is -0.221. The molecule has 6 aliphatic carbocycles. The molecule has 9 aliphatic rings. The SMILES string of the molecule is CCC(C)(C)C(=O)O.CCC(C)(C)C(=O)OC(C)C(F)(F)F.CCC(C)(C)C(=O)OC1C2CC3C1OC(=O)C3(C#N)C2.CCC(C)(C)C(=O)OC1C2CC3C1OC(=O)C3(C#N)C2.CCC(C)(C)C(=O)OCCC[Si](O[Si](C)(C)C)(O[Si](C)(C)C)O[Si](C)(C)C.CCC(C)(C)C(=O)OCC[Si](C)(C)C.CCC(C)(C)C(=O)ON1C(=O)C2C3CCC(C3)C2C1=O.CCC(C)c1ccc(C(C)(C)C)cc1. The number of carbonyl (C=O) groups is 11. The number of carboxylic acids is 1. The molecule has 26 nitrogen and oxygen atoms in total. The van der Waals surface area contributed by atoms with Crippen molar-refractivity contribution in [2.45, 2.75) is 428 Å². The lowest BCUT2D eigenvalue weighted by Crippen LogP contribution is -2.60. The van der Waals surface area contributed by atoms with Crippen LogP contribution in [0.15, 0.2) is 24.3 Å². The van der Waals surface area contributed by atoms with Crippen molar-refractivity contribution in [2.24, 2.45) is 96.1 Å². The number of rotatable bonds is 33. The van der Waals surface area contributed by atoms with E-state index < -0.39 is 139 Å². The van der Waals surface area contributed by atoms with Crippen LogP contribution >= 0.6 is 0 Å². The Morgan fingerprint density at radius 2 is 0.810 bits per heavy atom. The van der Waals surface area contributed by atoms with Crippen LogP contribution in [-0.2, 0) is 108 Å². The first-order valence-corrected chi connectivity index (χ1v) is 65.8. The molecule has 1 aromatic carbocycles. The van der Waals surface area contributed by atoms with E-state index in [4.69, 9.17) is 50.7 Å². The number of carboxylic acid groups (broad SMARTS) is 1. The van der Waals surface area contributed by atoms with Crippen LogP contribution < -0.4 is 0 Å². The van der Waals surface area contributed by atoms with E-state index in [-0.39, 0.29) is 94.2 Å². The van der Waals surface area contributed by atoms with Crippen molar-refractivity contribution in [1.82, 2.24) is 5.06 Å². The van der Waals surface area contributed by atoms with Gasteiger partial charge in [0.25, 0.3) is 11.8 Å². The number of hydrogen-bond acceptors (Lipinski definition) is 24. The number of imide groups is 1. The molecule has 0 spiro atoms. The quantitative estimate of drug-likeness (QED) is 0.0224. The molecule has 9 fully saturated rings. The average Bonchev–Trinajstić information content (AvgIpc) is 1.53. The molecule has 0 radical (unpaired) electrons. The van der Waals surface area contributed by atoms with Crippen molar-refractivity contribution in [3.05, 3.63) is 35.4 Å². The summed E-state index contributed by atoms with van der Waals surface area (Å²) in [4.78, 5) is 136. The predicted molar refractivity (Wildman–Crippen MR) is 534 cm³/mol. The lowest BCUT2D eigenvalue weighted by atomic mass is 9.74. The zero-order chi connectivity index (χ0) is 106. The number of alkyl halides is 3. The number of hydroxylamine groups is 2. The molecule has 34 heteroatoms. The standard InChI is InChI=1S/C18H44O5Si4.2C15H19NO4.C15H21NO4.C14H22.C11H24O2Si.C9H15F3O2.C6H12O2/c1-13-18(2,3)17(19)20-15-14-16-27(21-24(4,5)6,22-25(7,8)9)23-26(10,11)12;2*1-4-14(2,3)12(17)19-10-8-5-9-11(10)20-13(18)15(9,6-8)7-16;1-4-15(2,3)14(19)20-16-12(17)10-8-5-6-9(7-8)11(10)13(16)18;1-6-11(2)12-7-9-13(10-8-12)14(3,4)5;1-7-11(2,3)10(12)13-8-9-14(4,5)6;1-5-8(3,4)7(13)14-6(2)9(10,11)12;1-4-6(2,3)5(7)8/h13-16H2,1-12H3;2*8-11H,4-6H2,1-3H3;8-11H,4-7H2,1-3H3;7-11H,6H2,1-5H3;7-9H2,1-6H3;6H,5H2,1-4H3;4H2,1-3H3,(H,7,8). The van der Waals surface area contributed by atoms with E-state index in [0.29, 0.717) is 88.4 Å². The van der Waals surface area contributed by atoms with Crippen molar-refractivity contribution in [2.75, 3.05) is 13.2 Å². The first-order valence-electron chi connectivity index (χ1n) is 50.0. The third-order valence-electron chi connectivity index (χ3n) is 29.2. The molecule has 0 aromatic heterocycles. The molecule has 137 heavy (non-hydrogen) atoms. The van der Waals surface area contributed by atoms with E-state index in [0.717, 1.165) is 63.0 Å². The first kappa shape index (κ1) is 124. The van der Waals surface area contributed by atoms with Crippen molar-refractivity contribution < 1.29 is 121 Å². The Bertz CT molecular complexity index is 4210. The smallest absolute Gasteiger partial charge is 0.469 e. The molecule has 10 rings (SSSR count). The first-order chi connectivity index (χ1) is 62.1. The van der Waals surface area contributed by atoms with Gasteiger partial charge >= 0.3 is 68.7 Å². The highest BCUT2D eigenvalue weighted by Gasteiger charge is 2.74. The van der Waals surface area contributed by atoms with Gasteiger partial charge in [0.1, 0.15) is 24.4 Å². The van der Waals surface area contributed by atoms with Crippen LogP contribution in [0.1, 0.15) is 307 Å². The van der Waals surface area contributed by atoms with Crippen LogP contribution in [0.4, 0.5) is 13.2 Å². The third-order valence-corrected chi connectivity index (χ3v) is 42.9. The van der Waals surface area contributed by atoms with Crippen molar-refractivity contribution in [3.8, 4) is 12.1 Å². The van der Waals surface area contributed by atoms with Crippen LogP contribution in [0.25, 0.3) is 0 Å². The Kier molecular flexibility index (Phi) is 43.7. The van der Waals surface area contributed by atoms with Crippen LogP contribution in [0.2, 0.25) is 90.7 Å². The van der Waals surface area contributed by atoms with Gasteiger partial charge in [-0.3, -0.25) is 47.9 Å². The fourth-order valence-electron chi connectivity index (χ4n) is 16.7. The van der Waals surface area contributed by atoms with Gasteiger partial charge in [-0.15, -0.1) is 5.06 Å². The second-order valence-corrected chi connectivity index (χ2v) is 71.4. The van der Waals surface area contributed by atoms with Gasteiger partial charge in [0.2, 0.25) is 0 Å². The van der Waals surface area contributed by atoms with E-state index >= 15 is 0 Å². The number of ether oxygens (including phenoxy) is 7. The molecule has 1 N–H and O–H groups in total. The molecule has 6 saturated carbocycles. The molecular formula is C103H176F3N3O23Si5. The monoisotopic (exact) mass is 2020 g/mol. The fraction of sp³-hybridized carbons (Fsp3) is 0.816. The zero-order valence-corrected chi connectivity index (χ0v) is 95.9. The highest BCUT2D eigenvalue weighted by molar-refractivity contribution is 6.90. The minimum absolute atomic E-state index is 0.0572. The Labute approximate surface area is 824 Å². The summed E-state index contributed by atoms with van der Waals surface area (Å²) in [7, 11) is -9.49. The van der Waals surface area contributed by atoms with E-state index in [1.807, 2.05) is 96.9 Å². The number of benzene rings is 1. The molecule has 6 bridgehead atoms. The summed E-state index contributed by atoms with van der Waals surface area (Å²) in [6.45, 7) is 78.1. The van der Waals surface area contributed by atoms with Gasteiger partial charge < -0.3 is 55.4 Å². The van der Waals surface area contributed by atoms with Gasteiger partial charge in [0.15, 0.2) is 41.9 Å². The number of aliphatic carboxylic acids is 1. The summed E-state index contributed by atoms with van der Waals surface area (Å²) < 4.78 is 93.1. The van der Waals surface area contributed by atoms with Gasteiger partial charge in [-0.25, -0.2) is 4.79 Å². The Balaban J connectivity index is 0.000000410. The molecule has 3 saturated heterocycles. The van der Waals surface area contributed by atoms with E-state index in [1.54, 1.807) is 48.5 Å². The third kappa shape index (κ3) is 33.5. The van der Waals surface area contributed by atoms with E-state index in [9.17, 15) is 76.4 Å². The number of hydrogen-bond donors (Lipinski definition) is 1. The van der Waals surface area contributed by atoms with Crippen LogP contribution in [0.3, 0.4) is 0 Å². The van der Waals surface area contributed by atoms with Gasteiger partial charge in [-0.2, -0.15) is 23.7 Å². The zero-order valence-electron chi connectivity index (χ0n) is 90.9. The maximum atomic E-state index is 12.4. The van der Waals surface area contributed by atoms with Gasteiger partial charge in [-0.05, 0) is 306 Å². The van der Waals surface area contributed by atoms with Crippen molar-refractivity contribution in [1.29, 1.82) is 10.5 Å². The number of amides is 2. The maximum absolute atomic E-state index is 12.4. The molecule has 3 aliphatic heterocycles. The number of nitrogens with zero attached hydrogens (tertiary/aromatic N) is 3. The lowest BCUT2D eigenvalue weighted by Gasteiger charge is -2.42. The van der Waals surface area contributed by atoms with Gasteiger partial charge in [-0.1, -0.05) is 127 Å². The number of esters is 7. The summed E-state index contributed by atoms with van der Waals surface area (Å²) in [6, 6.07) is 15.1. The molecule has 3 heterocycles. The minimum Gasteiger partial charge on any atom is -0.481 e. The number of carbonyl (C=O) groups excluding carboxylic acids is 10. The van der Waals surface area contributed by atoms with Crippen LogP contribution in [0, 0.1) is 119 Å². The summed E-state index contributed by atoms with van der Waals surface area (Å²) in [5.41, 5.74) is -2.70. The summed E-state index contributed by atoms with van der Waals surface area (Å²) in [5, 5.41) is 27.8. The number of halogens is 3. The highest BCUT2D eigenvalue weighted by atomic mass is 28.5. The van der Waals surface area contributed by atoms with Crippen molar-refractivity contribution >= 4 is 107 Å². The van der Waals surface area contributed by atoms with E-state index in [1.165, 1.54) is 17.5 Å². The summed E-state index contributed by atoms with van der Waals surface area (Å²) in [6.07, 6.45) is 3.97. The predicted octanol–water partition coefficient (Wildman–Crippen LogP) is 23.6. The van der Waals surface area contributed by atoms with Crippen molar-refractivity contribution in [3.63, 3.8) is 0 Å². The average molecular weight is 2020 g/mol. The van der Waals surface area contributed by atoms with Gasteiger partial charge in [0.05, 0.1) is 75.1 Å². The summed E-state index contributed by atoms with van der Waals surface area (Å²) >= 11 is 0. The minimum atomic E-state index is -4.49. The molecule has 782 valence electrons. The van der Waals surface area contributed by atoms with E-state index in [2.05, 4.69) is 154 Å². The summed E-state index contributed by atoms with van der Waals surface area (Å²) in [5.74, 6) is -3.41. The normalized spacial score (nSPS) is 25.1. The second-order valence-electron chi connectivity index (χ2n) is 48.7. The number of nitriles is 2. The topological polar surface area (TPSA) is 360 Å². The van der Waals surface area contributed by atoms with Gasteiger partial charge in [0, 0.05) is 37.8 Å². The Morgan fingerprint density at radius 3 is 1.11 bits per heavy atom. The van der Waals surface area contributed by atoms with Crippen LogP contribution in [-0.4, -0.2) is 167 Å². The highest BCUT2D eigenvalue weighted by Crippen LogP contribution is 2.64. The molecule has 16 unspecified atom stereocenters. The Morgan fingerprint density at radius 1 is 0.474 bits per heavy atom.